The molecule has 0 aliphatic carbocycles. The van der Waals surface area contributed by atoms with E-state index in [-0.39, 0.29) is 11.7 Å². The molecule has 2 rings (SSSR count). The molecule has 1 heterocycles. The number of amides is 1. The molecule has 4 nitrogen and oxygen atoms in total. The highest BCUT2D eigenvalue weighted by molar-refractivity contribution is 6.03. The van der Waals surface area contributed by atoms with Gasteiger partial charge in [0.25, 0.3) is 5.91 Å². The molecule has 1 atom stereocenters. The predicted molar refractivity (Wildman–Crippen MR) is 61.1 cm³/mol. The average Bonchev–Trinajstić information content (AvgIpc) is 2.77. The van der Waals surface area contributed by atoms with Crippen molar-refractivity contribution in [2.24, 2.45) is 5.16 Å². The van der Waals surface area contributed by atoms with Crippen LogP contribution in [0.25, 0.3) is 0 Å². The molecule has 90 valence electrons. The molecule has 0 saturated carbocycles. The maximum atomic E-state index is 13.0. The first kappa shape index (κ1) is 11.6. The molecule has 1 amide bonds. The van der Waals surface area contributed by atoms with Crippen LogP contribution < -0.4 is 0 Å². The van der Waals surface area contributed by atoms with Crippen molar-refractivity contribution in [3.05, 3.63) is 35.6 Å². The van der Waals surface area contributed by atoms with Crippen LogP contribution in [0.2, 0.25) is 0 Å². The summed E-state index contributed by atoms with van der Waals surface area (Å²) in [5, 5.41) is 3.83. The van der Waals surface area contributed by atoms with Crippen LogP contribution in [0.5, 0.6) is 0 Å². The number of hydrogen-bond donors (Lipinski definition) is 0. The van der Waals surface area contributed by atoms with Crippen LogP contribution in [0.15, 0.2) is 29.4 Å². The van der Waals surface area contributed by atoms with Gasteiger partial charge in [-0.1, -0.05) is 17.3 Å². The zero-order valence-corrected chi connectivity index (χ0v) is 9.68. The number of oxime groups is 1. The quantitative estimate of drug-likeness (QED) is 0.779. The van der Waals surface area contributed by atoms with Crippen LogP contribution in [-0.4, -0.2) is 36.7 Å². The number of rotatable bonds is 2. The van der Waals surface area contributed by atoms with Gasteiger partial charge in [-0.15, -0.1) is 0 Å². The first-order valence-electron chi connectivity index (χ1n) is 5.27. The number of carbonyl (C=O) groups is 1. The molecule has 0 aromatic heterocycles. The molecule has 1 aromatic rings. The molecule has 1 aliphatic heterocycles. The molecule has 0 bridgehead atoms. The molecule has 17 heavy (non-hydrogen) atoms. The summed E-state index contributed by atoms with van der Waals surface area (Å²) in [5.41, 5.74) is 1.25. The van der Waals surface area contributed by atoms with E-state index < -0.39 is 6.10 Å². The van der Waals surface area contributed by atoms with Crippen LogP contribution in [0, 0.1) is 5.82 Å². The smallest absolute Gasteiger partial charge is 0.266 e. The Labute approximate surface area is 98.7 Å². The fourth-order valence-corrected chi connectivity index (χ4v) is 1.64. The van der Waals surface area contributed by atoms with Crippen LogP contribution in [0.4, 0.5) is 4.39 Å². The molecule has 0 spiro atoms. The highest BCUT2D eigenvalue weighted by atomic mass is 19.1. The van der Waals surface area contributed by atoms with E-state index in [2.05, 4.69) is 5.16 Å². The number of benzene rings is 1. The maximum Gasteiger partial charge on any atom is 0.266 e. The highest BCUT2D eigenvalue weighted by Crippen LogP contribution is 2.18. The van der Waals surface area contributed by atoms with Gasteiger partial charge in [-0.2, -0.15) is 0 Å². The molecule has 5 heteroatoms. The van der Waals surface area contributed by atoms with Crippen molar-refractivity contribution >= 4 is 11.6 Å². The van der Waals surface area contributed by atoms with Crippen LogP contribution in [-0.2, 0) is 9.63 Å². The lowest BCUT2D eigenvalue weighted by Gasteiger charge is -2.13. The van der Waals surface area contributed by atoms with Gasteiger partial charge >= 0.3 is 0 Å². The number of nitrogens with zero attached hydrogens (tertiary/aromatic N) is 2. The number of likely N-dealkylation sites (N-methyl/N-ethyl adjacent to an activating group) is 1. The van der Waals surface area contributed by atoms with E-state index in [1.165, 1.54) is 17.0 Å². The van der Waals surface area contributed by atoms with E-state index in [0.29, 0.717) is 17.7 Å². The number of carbonyl (C=O) groups excluding carboxylic acids is 1. The normalized spacial score (nSPS) is 18.5. The van der Waals surface area contributed by atoms with Gasteiger partial charge in [0.15, 0.2) is 0 Å². The standard InChI is InChI=1S/C12H13FN2O2/c1-15(2)12(16)11-7-10(14-17-11)8-4-3-5-9(13)6-8/h3-6,11H,7H2,1-2H3. The van der Waals surface area contributed by atoms with Gasteiger partial charge in [0.1, 0.15) is 5.82 Å². The molecule has 0 radical (unpaired) electrons. The third-order valence-electron chi connectivity index (χ3n) is 2.54. The number of halogens is 1. The molecular weight excluding hydrogens is 223 g/mol. The lowest BCUT2D eigenvalue weighted by Crippen LogP contribution is -2.33. The van der Waals surface area contributed by atoms with E-state index in [1.807, 2.05) is 0 Å². The topological polar surface area (TPSA) is 41.9 Å². The van der Waals surface area contributed by atoms with Crippen molar-refractivity contribution in [3.8, 4) is 0 Å². The Morgan fingerprint density at radius 1 is 1.53 bits per heavy atom. The van der Waals surface area contributed by atoms with Gasteiger partial charge in [0.2, 0.25) is 6.10 Å². The number of hydrogen-bond acceptors (Lipinski definition) is 3. The lowest BCUT2D eigenvalue weighted by molar-refractivity contribution is -0.139. The van der Waals surface area contributed by atoms with Gasteiger partial charge in [-0.25, -0.2) is 4.39 Å². The van der Waals surface area contributed by atoms with Crippen molar-refractivity contribution in [1.29, 1.82) is 0 Å². The van der Waals surface area contributed by atoms with E-state index in [0.717, 1.165) is 0 Å². The van der Waals surface area contributed by atoms with Gasteiger partial charge in [0.05, 0.1) is 5.71 Å². The fourth-order valence-electron chi connectivity index (χ4n) is 1.64. The van der Waals surface area contributed by atoms with Gasteiger partial charge < -0.3 is 9.74 Å². The Balaban J connectivity index is 2.10. The van der Waals surface area contributed by atoms with E-state index in [9.17, 15) is 9.18 Å². The molecular formula is C12H13FN2O2. The Bertz CT molecular complexity index is 471. The Morgan fingerprint density at radius 2 is 2.29 bits per heavy atom. The summed E-state index contributed by atoms with van der Waals surface area (Å²) in [7, 11) is 3.32. The van der Waals surface area contributed by atoms with Crippen molar-refractivity contribution < 1.29 is 14.0 Å². The van der Waals surface area contributed by atoms with Crippen molar-refractivity contribution in [3.63, 3.8) is 0 Å². The largest absolute Gasteiger partial charge is 0.382 e. The molecule has 1 aliphatic rings. The van der Waals surface area contributed by atoms with Gasteiger partial charge in [-0.3, -0.25) is 4.79 Å². The summed E-state index contributed by atoms with van der Waals surface area (Å²) in [6, 6.07) is 6.09. The fraction of sp³-hybridized carbons (Fsp3) is 0.333. The summed E-state index contributed by atoms with van der Waals surface area (Å²) in [5.74, 6) is -0.465. The minimum absolute atomic E-state index is 0.139. The molecule has 0 saturated heterocycles. The summed E-state index contributed by atoms with van der Waals surface area (Å²) in [4.78, 5) is 18.2. The minimum Gasteiger partial charge on any atom is -0.382 e. The van der Waals surface area contributed by atoms with E-state index >= 15 is 0 Å². The monoisotopic (exact) mass is 236 g/mol. The molecule has 1 unspecified atom stereocenters. The SMILES string of the molecule is CN(C)C(=O)C1CC(c2cccc(F)c2)=NO1. The average molecular weight is 236 g/mol. The third kappa shape index (κ3) is 2.43. The Hall–Kier alpha value is -1.91. The van der Waals surface area contributed by atoms with Gasteiger partial charge in [-0.05, 0) is 12.1 Å². The maximum absolute atomic E-state index is 13.0. The Morgan fingerprint density at radius 3 is 2.94 bits per heavy atom. The van der Waals surface area contributed by atoms with Crippen LogP contribution in [0.3, 0.4) is 0 Å². The van der Waals surface area contributed by atoms with E-state index in [1.54, 1.807) is 26.2 Å². The summed E-state index contributed by atoms with van der Waals surface area (Å²) >= 11 is 0. The second-order valence-corrected chi connectivity index (χ2v) is 4.08. The van der Waals surface area contributed by atoms with Crippen LogP contribution in [0.1, 0.15) is 12.0 Å². The van der Waals surface area contributed by atoms with E-state index in [4.69, 9.17) is 4.84 Å². The summed E-state index contributed by atoms with van der Waals surface area (Å²) in [6.07, 6.45) is -0.219. The molecule has 0 N–H and O–H groups in total. The zero-order valence-electron chi connectivity index (χ0n) is 9.68. The third-order valence-corrected chi connectivity index (χ3v) is 2.54. The molecule has 1 aromatic carbocycles. The zero-order chi connectivity index (χ0) is 12.4. The Kier molecular flexibility index (Phi) is 3.08. The first-order chi connectivity index (χ1) is 8.08. The molecule has 0 fully saturated rings. The van der Waals surface area contributed by atoms with Crippen LogP contribution >= 0.6 is 0 Å². The van der Waals surface area contributed by atoms with Crippen molar-refractivity contribution in [1.82, 2.24) is 4.90 Å². The second kappa shape index (κ2) is 4.53. The summed E-state index contributed by atoms with van der Waals surface area (Å²) < 4.78 is 13.0. The predicted octanol–water partition coefficient (Wildman–Crippen LogP) is 1.41. The summed E-state index contributed by atoms with van der Waals surface area (Å²) in [6.45, 7) is 0. The lowest BCUT2D eigenvalue weighted by atomic mass is 10.0. The van der Waals surface area contributed by atoms with Gasteiger partial charge in [0, 0.05) is 26.1 Å². The first-order valence-corrected chi connectivity index (χ1v) is 5.27. The van der Waals surface area contributed by atoms with Crippen molar-refractivity contribution in [2.45, 2.75) is 12.5 Å². The highest BCUT2D eigenvalue weighted by Gasteiger charge is 2.29. The van der Waals surface area contributed by atoms with Crippen molar-refractivity contribution in [2.75, 3.05) is 14.1 Å². The minimum atomic E-state index is -0.594. The second-order valence-electron chi connectivity index (χ2n) is 4.08.